The quantitative estimate of drug-likeness (QED) is 0.0689. The standard InChI is InChI=1S/C30H60O7/c1-3-4-5-6-7-8-9-10-11-12-13-14-15-16-17-18-20-33-22-24-35-26-28-37-29-27-36-25-23-34-21-19-30(31)32-2/h3-29H2,1-2H3. The molecule has 0 atom stereocenters. The average Bonchev–Trinajstić information content (AvgIpc) is 2.91. The number of esters is 1. The maximum atomic E-state index is 10.9. The molecule has 0 spiro atoms. The van der Waals surface area contributed by atoms with Crippen molar-refractivity contribution in [3.8, 4) is 0 Å². The molecule has 0 aromatic carbocycles. The minimum Gasteiger partial charge on any atom is -0.469 e. The van der Waals surface area contributed by atoms with Crippen molar-refractivity contribution in [2.75, 3.05) is 73.2 Å². The first kappa shape index (κ1) is 36.3. The van der Waals surface area contributed by atoms with Crippen LogP contribution in [0.15, 0.2) is 0 Å². The van der Waals surface area contributed by atoms with Crippen molar-refractivity contribution < 1.29 is 33.2 Å². The zero-order valence-corrected chi connectivity index (χ0v) is 24.4. The second-order valence-corrected chi connectivity index (χ2v) is 9.69. The van der Waals surface area contributed by atoms with Gasteiger partial charge in [0.25, 0.3) is 0 Å². The van der Waals surface area contributed by atoms with Crippen LogP contribution in [0.2, 0.25) is 0 Å². The maximum absolute atomic E-state index is 10.9. The van der Waals surface area contributed by atoms with Gasteiger partial charge < -0.3 is 28.4 Å². The van der Waals surface area contributed by atoms with Gasteiger partial charge in [0.2, 0.25) is 0 Å². The summed E-state index contributed by atoms with van der Waals surface area (Å²) in [6.07, 6.45) is 22.5. The number of carbonyl (C=O) groups excluding carboxylic acids is 1. The van der Waals surface area contributed by atoms with E-state index in [-0.39, 0.29) is 12.4 Å². The normalized spacial score (nSPS) is 11.3. The van der Waals surface area contributed by atoms with Crippen molar-refractivity contribution in [3.05, 3.63) is 0 Å². The number of hydrogen-bond donors (Lipinski definition) is 0. The van der Waals surface area contributed by atoms with E-state index >= 15 is 0 Å². The van der Waals surface area contributed by atoms with Crippen molar-refractivity contribution in [1.82, 2.24) is 0 Å². The van der Waals surface area contributed by atoms with Crippen molar-refractivity contribution in [2.24, 2.45) is 0 Å². The summed E-state index contributed by atoms with van der Waals surface area (Å²) < 4.78 is 31.8. The first-order valence-electron chi connectivity index (χ1n) is 15.3. The van der Waals surface area contributed by atoms with Gasteiger partial charge in [0, 0.05) is 6.61 Å². The molecular weight excluding hydrogens is 472 g/mol. The second kappa shape index (κ2) is 33.3. The summed E-state index contributed by atoms with van der Waals surface area (Å²) in [5.74, 6) is -0.265. The van der Waals surface area contributed by atoms with Gasteiger partial charge in [0.1, 0.15) is 0 Å². The molecule has 0 aliphatic carbocycles. The molecule has 0 aromatic heterocycles. The number of rotatable bonds is 32. The lowest BCUT2D eigenvalue weighted by atomic mass is 10.0. The Labute approximate surface area is 228 Å². The van der Waals surface area contributed by atoms with Gasteiger partial charge in [-0.1, -0.05) is 103 Å². The van der Waals surface area contributed by atoms with Crippen LogP contribution in [0.1, 0.15) is 116 Å². The molecule has 222 valence electrons. The molecule has 0 aromatic rings. The predicted octanol–water partition coefficient (Wildman–Crippen LogP) is 6.89. The Bertz CT molecular complexity index is 434. The number of hydrogen-bond acceptors (Lipinski definition) is 7. The largest absolute Gasteiger partial charge is 0.469 e. The molecule has 0 N–H and O–H groups in total. The van der Waals surface area contributed by atoms with Crippen LogP contribution in [-0.4, -0.2) is 79.1 Å². The third kappa shape index (κ3) is 33.2. The van der Waals surface area contributed by atoms with Crippen LogP contribution in [0.5, 0.6) is 0 Å². The van der Waals surface area contributed by atoms with Crippen LogP contribution >= 0.6 is 0 Å². The van der Waals surface area contributed by atoms with Gasteiger partial charge in [-0.2, -0.15) is 0 Å². The van der Waals surface area contributed by atoms with Crippen LogP contribution in [0.4, 0.5) is 0 Å². The van der Waals surface area contributed by atoms with Gasteiger partial charge in [-0.25, -0.2) is 0 Å². The predicted molar refractivity (Wildman–Crippen MR) is 150 cm³/mol. The molecular formula is C30H60O7. The van der Waals surface area contributed by atoms with E-state index in [2.05, 4.69) is 11.7 Å². The highest BCUT2D eigenvalue weighted by molar-refractivity contribution is 5.69. The van der Waals surface area contributed by atoms with Crippen LogP contribution in [0.3, 0.4) is 0 Å². The summed E-state index contributed by atoms with van der Waals surface area (Å²) in [5, 5.41) is 0. The SMILES string of the molecule is CCCCCCCCCCCCCCCCCCOCCOCCOCCOCCOCCC(=O)OC. The van der Waals surface area contributed by atoms with Crippen molar-refractivity contribution in [1.29, 1.82) is 0 Å². The zero-order chi connectivity index (χ0) is 26.9. The van der Waals surface area contributed by atoms with Gasteiger partial charge in [0.05, 0.1) is 73.0 Å². The zero-order valence-electron chi connectivity index (χ0n) is 24.4. The van der Waals surface area contributed by atoms with Crippen LogP contribution in [0.25, 0.3) is 0 Å². The maximum Gasteiger partial charge on any atom is 0.307 e. The highest BCUT2D eigenvalue weighted by Gasteiger charge is 1.99. The van der Waals surface area contributed by atoms with E-state index < -0.39 is 0 Å². The van der Waals surface area contributed by atoms with Gasteiger partial charge >= 0.3 is 5.97 Å². The Balaban J connectivity index is 3.03. The molecule has 0 radical (unpaired) electrons. The van der Waals surface area contributed by atoms with E-state index in [9.17, 15) is 4.79 Å². The van der Waals surface area contributed by atoms with Crippen molar-refractivity contribution >= 4 is 5.97 Å². The molecule has 0 fully saturated rings. The van der Waals surface area contributed by atoms with Crippen molar-refractivity contribution in [2.45, 2.75) is 116 Å². The summed E-state index contributed by atoms with van der Waals surface area (Å²) in [6.45, 7) is 7.85. The fourth-order valence-corrected chi connectivity index (χ4v) is 3.99. The minimum atomic E-state index is -0.265. The topological polar surface area (TPSA) is 72.5 Å². The Hall–Kier alpha value is -0.730. The van der Waals surface area contributed by atoms with E-state index in [1.807, 2.05) is 0 Å². The first-order valence-corrected chi connectivity index (χ1v) is 15.3. The van der Waals surface area contributed by atoms with E-state index in [4.69, 9.17) is 23.7 Å². The van der Waals surface area contributed by atoms with Crippen LogP contribution in [0, 0.1) is 0 Å². The number of methoxy groups -OCH3 is 1. The molecule has 7 heteroatoms. The lowest BCUT2D eigenvalue weighted by Crippen LogP contribution is -2.14. The van der Waals surface area contributed by atoms with Gasteiger partial charge in [0.15, 0.2) is 0 Å². The molecule has 0 heterocycles. The van der Waals surface area contributed by atoms with Crippen LogP contribution in [-0.2, 0) is 33.2 Å². The molecule has 37 heavy (non-hydrogen) atoms. The van der Waals surface area contributed by atoms with E-state index in [1.54, 1.807) is 0 Å². The van der Waals surface area contributed by atoms with Crippen LogP contribution < -0.4 is 0 Å². The minimum absolute atomic E-state index is 0.265. The number of ether oxygens (including phenoxy) is 6. The molecule has 0 bridgehead atoms. The monoisotopic (exact) mass is 532 g/mol. The van der Waals surface area contributed by atoms with Gasteiger partial charge in [-0.3, -0.25) is 4.79 Å². The molecule has 0 aliphatic heterocycles. The van der Waals surface area contributed by atoms with Gasteiger partial charge in [-0.05, 0) is 6.42 Å². The lowest BCUT2D eigenvalue weighted by Gasteiger charge is -2.08. The molecule has 0 rings (SSSR count). The Morgan fingerprint density at radius 1 is 0.405 bits per heavy atom. The first-order chi connectivity index (χ1) is 18.3. The summed E-state index contributed by atoms with van der Waals surface area (Å²) in [4.78, 5) is 10.9. The molecule has 0 unspecified atom stereocenters. The Morgan fingerprint density at radius 3 is 1.05 bits per heavy atom. The van der Waals surface area contributed by atoms with E-state index in [0.717, 1.165) is 13.0 Å². The fourth-order valence-electron chi connectivity index (χ4n) is 3.99. The third-order valence-corrected chi connectivity index (χ3v) is 6.31. The molecule has 0 amide bonds. The highest BCUT2D eigenvalue weighted by atomic mass is 16.6. The number of unbranched alkanes of at least 4 members (excludes halogenated alkanes) is 15. The molecule has 0 saturated heterocycles. The number of carbonyl (C=O) groups is 1. The third-order valence-electron chi connectivity index (χ3n) is 6.31. The average molecular weight is 533 g/mol. The molecule has 7 nitrogen and oxygen atoms in total. The summed E-state index contributed by atoms with van der Waals surface area (Å²) in [7, 11) is 1.37. The Kier molecular flexibility index (Phi) is 32.6. The summed E-state index contributed by atoms with van der Waals surface area (Å²) in [5.41, 5.74) is 0. The Morgan fingerprint density at radius 2 is 0.703 bits per heavy atom. The van der Waals surface area contributed by atoms with E-state index in [0.29, 0.717) is 59.5 Å². The van der Waals surface area contributed by atoms with E-state index in [1.165, 1.54) is 103 Å². The summed E-state index contributed by atoms with van der Waals surface area (Å²) in [6, 6.07) is 0. The summed E-state index contributed by atoms with van der Waals surface area (Å²) >= 11 is 0. The fraction of sp³-hybridized carbons (Fsp3) is 0.967. The lowest BCUT2D eigenvalue weighted by molar-refractivity contribution is -0.141. The second-order valence-electron chi connectivity index (χ2n) is 9.69. The smallest absolute Gasteiger partial charge is 0.307 e. The molecule has 0 aliphatic rings. The highest BCUT2D eigenvalue weighted by Crippen LogP contribution is 2.13. The molecule has 0 saturated carbocycles. The van der Waals surface area contributed by atoms with Gasteiger partial charge in [-0.15, -0.1) is 0 Å². The van der Waals surface area contributed by atoms with Crippen molar-refractivity contribution in [3.63, 3.8) is 0 Å².